The number of aromatic hydroxyl groups is 1. The lowest BCUT2D eigenvalue weighted by molar-refractivity contribution is -0.151. The van der Waals surface area contributed by atoms with Gasteiger partial charge < -0.3 is 43.2 Å². The Labute approximate surface area is 395 Å². The topological polar surface area (TPSA) is 175 Å². The highest BCUT2D eigenvalue weighted by molar-refractivity contribution is 6.37. The van der Waals surface area contributed by atoms with E-state index in [9.17, 15) is 19.4 Å². The molecule has 8 rings (SSSR count). The first-order valence-corrected chi connectivity index (χ1v) is 22.2. The Balaban J connectivity index is 1.13. The molecule has 1 aliphatic rings. The number of ether oxygens (including phenoxy) is 5. The number of nitrogens with zero attached hydrogens (tertiary/aromatic N) is 6. The zero-order valence-corrected chi connectivity index (χ0v) is 38.3. The average Bonchev–Trinajstić information content (AvgIpc) is 3.73. The van der Waals surface area contributed by atoms with Gasteiger partial charge in [0.15, 0.2) is 11.6 Å². The highest BCUT2D eigenvalue weighted by Gasteiger charge is 2.31. The molecule has 348 valence electrons. The van der Waals surface area contributed by atoms with Crippen molar-refractivity contribution < 1.29 is 47.5 Å². The minimum atomic E-state index is -1.35. The van der Waals surface area contributed by atoms with Crippen molar-refractivity contribution in [2.45, 2.75) is 32.2 Å². The van der Waals surface area contributed by atoms with Gasteiger partial charge in [0.05, 0.1) is 41.6 Å². The van der Waals surface area contributed by atoms with Crippen LogP contribution in [0.4, 0.5) is 4.39 Å². The van der Waals surface area contributed by atoms with Crippen LogP contribution < -0.4 is 18.9 Å². The molecular formula is C49H47Cl2FN6O9. The number of benzene rings is 4. The normalized spacial score (nSPS) is 14.1. The van der Waals surface area contributed by atoms with Gasteiger partial charge in [0.1, 0.15) is 53.3 Å². The number of esters is 1. The predicted octanol–water partition coefficient (Wildman–Crippen LogP) is 8.29. The fourth-order valence-corrected chi connectivity index (χ4v) is 8.28. The van der Waals surface area contributed by atoms with Gasteiger partial charge in [-0.05, 0) is 92.3 Å². The molecule has 0 amide bonds. The Kier molecular flexibility index (Phi) is 15.0. The van der Waals surface area contributed by atoms with Crippen molar-refractivity contribution in [2.75, 3.05) is 60.1 Å². The maximum Gasteiger partial charge on any atom is 0.347 e. The van der Waals surface area contributed by atoms with Crippen LogP contribution in [0.5, 0.6) is 28.9 Å². The number of phenols is 1. The summed E-state index contributed by atoms with van der Waals surface area (Å²) in [5, 5.41) is 21.5. The molecule has 0 unspecified atom stereocenters. The maximum atomic E-state index is 14.3. The smallest absolute Gasteiger partial charge is 0.347 e. The molecule has 7 aromatic rings. The van der Waals surface area contributed by atoms with Gasteiger partial charge in [0.25, 0.3) is 0 Å². The lowest BCUT2D eigenvalue weighted by Crippen LogP contribution is -2.48. The van der Waals surface area contributed by atoms with E-state index in [1.54, 1.807) is 56.6 Å². The summed E-state index contributed by atoms with van der Waals surface area (Å²) in [7, 11) is 3.64. The van der Waals surface area contributed by atoms with E-state index in [0.717, 1.165) is 26.2 Å². The quantitative estimate of drug-likeness (QED) is 0.0786. The summed E-state index contributed by atoms with van der Waals surface area (Å²) >= 11 is 13.9. The average molecular weight is 954 g/mol. The van der Waals surface area contributed by atoms with Crippen LogP contribution in [-0.4, -0.2) is 118 Å². The summed E-state index contributed by atoms with van der Waals surface area (Å²) in [6.07, 6.45) is 0.721. The number of fused-ring (bicyclic) bond motifs is 1. The number of likely N-dealkylation sites (N-methyl/N-ethyl adjacent to an activating group) is 1. The number of carbonyl (C=O) groups is 1. The van der Waals surface area contributed by atoms with Crippen LogP contribution in [0.25, 0.3) is 44.9 Å². The lowest BCUT2D eigenvalue weighted by Gasteiger charge is -2.34. The number of aromatic nitrogens is 4. The van der Waals surface area contributed by atoms with Crippen LogP contribution in [0, 0.1) is 5.82 Å². The number of halogens is 3. The lowest BCUT2D eigenvalue weighted by atomic mass is 9.99. The highest BCUT2D eigenvalue weighted by atomic mass is 35.5. The van der Waals surface area contributed by atoms with E-state index in [1.807, 2.05) is 24.3 Å². The van der Waals surface area contributed by atoms with Gasteiger partial charge in [-0.15, -0.1) is 0 Å². The standard InChI is InChI=1S/C49H47Cl2FN6O9/c1-4-63-49(61)41(24-30-21-34(60)13-14-39(30)64-27-33-15-16-53-46(56-33)36-7-5-6-8-40(36)62-3)66-47-43-42(44(67-48(43)55-28-54-47)29-9-11-32(52)12-10-29)31-22-37(50)45(38(51)23-31)65-35(26-59)25-58-19-17-57(2)18-20-58/h5-16,21-23,28,35,41,59-60H,4,17-20,24-27H2,1-3H3/t35-,41+/m0/s1. The summed E-state index contributed by atoms with van der Waals surface area (Å²) in [6, 6.07) is 22.5. The predicted molar refractivity (Wildman–Crippen MR) is 249 cm³/mol. The number of hydrogen-bond acceptors (Lipinski definition) is 15. The number of hydrogen-bond donors (Lipinski definition) is 2. The van der Waals surface area contributed by atoms with Crippen molar-refractivity contribution in [2.24, 2.45) is 0 Å². The molecule has 18 heteroatoms. The number of aliphatic hydroxyl groups is 1. The van der Waals surface area contributed by atoms with Crippen LogP contribution in [0.1, 0.15) is 18.2 Å². The monoisotopic (exact) mass is 952 g/mol. The van der Waals surface area contributed by atoms with E-state index in [0.29, 0.717) is 57.4 Å². The molecule has 0 radical (unpaired) electrons. The van der Waals surface area contributed by atoms with Crippen LogP contribution in [0.2, 0.25) is 10.0 Å². The van der Waals surface area contributed by atoms with Gasteiger partial charge in [-0.1, -0.05) is 35.3 Å². The van der Waals surface area contributed by atoms with Gasteiger partial charge in [-0.25, -0.2) is 29.1 Å². The fourth-order valence-electron chi connectivity index (χ4n) is 7.71. The second-order valence-corrected chi connectivity index (χ2v) is 16.5. The molecule has 0 bridgehead atoms. The minimum absolute atomic E-state index is 0.0102. The first-order valence-electron chi connectivity index (χ1n) is 21.5. The summed E-state index contributed by atoms with van der Waals surface area (Å²) in [5.41, 5.74) is 3.00. The van der Waals surface area contributed by atoms with E-state index < -0.39 is 24.0 Å². The molecule has 15 nitrogen and oxygen atoms in total. The number of rotatable bonds is 18. The van der Waals surface area contributed by atoms with Gasteiger partial charge in [0.2, 0.25) is 17.7 Å². The van der Waals surface area contributed by atoms with Crippen LogP contribution in [0.3, 0.4) is 0 Å². The number of furan rings is 1. The Hall–Kier alpha value is -6.56. The Morgan fingerprint density at radius 1 is 0.910 bits per heavy atom. The van der Waals surface area contributed by atoms with E-state index in [1.165, 1.54) is 30.6 Å². The van der Waals surface area contributed by atoms with Crippen molar-refractivity contribution >= 4 is 40.3 Å². The Morgan fingerprint density at radius 3 is 2.40 bits per heavy atom. The SMILES string of the molecule is CCOC(=O)[C@@H](Cc1cc(O)ccc1OCc1ccnc(-c2ccccc2OC)n1)Oc1ncnc2oc(-c3ccc(F)cc3)c(-c3cc(Cl)c(O[C@H](CO)CN4CCN(C)CC4)c(Cl)c3)c12. The zero-order valence-electron chi connectivity index (χ0n) is 36.8. The van der Waals surface area contributed by atoms with Crippen molar-refractivity contribution in [3.8, 4) is 62.7 Å². The number of aliphatic hydroxyl groups excluding tert-OH is 1. The molecule has 4 heterocycles. The van der Waals surface area contributed by atoms with E-state index in [4.69, 9.17) is 51.3 Å². The number of carbonyl (C=O) groups excluding carboxylic acids is 1. The third-order valence-electron chi connectivity index (χ3n) is 11.1. The second-order valence-electron chi connectivity index (χ2n) is 15.7. The Morgan fingerprint density at radius 2 is 1.67 bits per heavy atom. The van der Waals surface area contributed by atoms with Gasteiger partial charge in [-0.2, -0.15) is 0 Å². The summed E-state index contributed by atoms with van der Waals surface area (Å²) < 4.78 is 50.7. The molecule has 0 saturated carbocycles. The van der Waals surface area contributed by atoms with Crippen LogP contribution >= 0.6 is 23.2 Å². The van der Waals surface area contributed by atoms with Gasteiger partial charge >= 0.3 is 5.97 Å². The first-order chi connectivity index (χ1) is 32.5. The number of phenolic OH excluding ortho intramolecular Hbond substituents is 1. The van der Waals surface area contributed by atoms with Gasteiger partial charge in [-0.3, -0.25) is 4.90 Å². The molecule has 2 atom stereocenters. The van der Waals surface area contributed by atoms with Crippen LogP contribution in [0.15, 0.2) is 102 Å². The molecule has 1 aliphatic heterocycles. The van der Waals surface area contributed by atoms with E-state index >= 15 is 0 Å². The van der Waals surface area contributed by atoms with Crippen LogP contribution in [-0.2, 0) is 22.6 Å². The maximum absolute atomic E-state index is 14.3. The van der Waals surface area contributed by atoms with E-state index in [2.05, 4.69) is 36.8 Å². The molecule has 0 spiro atoms. The van der Waals surface area contributed by atoms with Crippen molar-refractivity contribution in [1.29, 1.82) is 0 Å². The summed E-state index contributed by atoms with van der Waals surface area (Å²) in [6.45, 7) is 5.32. The minimum Gasteiger partial charge on any atom is -0.508 e. The first kappa shape index (κ1) is 47.0. The zero-order chi connectivity index (χ0) is 47.0. The van der Waals surface area contributed by atoms with Crippen molar-refractivity contribution in [3.63, 3.8) is 0 Å². The van der Waals surface area contributed by atoms with E-state index in [-0.39, 0.29) is 70.5 Å². The van der Waals surface area contributed by atoms with Crippen molar-refractivity contribution in [3.05, 3.63) is 125 Å². The molecule has 67 heavy (non-hydrogen) atoms. The second kappa shape index (κ2) is 21.4. The molecular weight excluding hydrogens is 906 g/mol. The third kappa shape index (κ3) is 11.0. The molecule has 4 aromatic carbocycles. The highest BCUT2D eigenvalue weighted by Crippen LogP contribution is 2.47. The molecule has 0 aliphatic carbocycles. The molecule has 1 fully saturated rings. The van der Waals surface area contributed by atoms with Gasteiger partial charge in [0, 0.05) is 62.0 Å². The largest absolute Gasteiger partial charge is 0.508 e. The summed E-state index contributed by atoms with van der Waals surface area (Å²) in [5.74, 6) is 0.472. The number of piperazine rings is 1. The number of para-hydroxylation sites is 1. The fraction of sp³-hybridized carbons (Fsp3) is 0.286. The van der Waals surface area contributed by atoms with Crippen molar-refractivity contribution in [1.82, 2.24) is 29.7 Å². The Bertz CT molecular complexity index is 2820. The molecule has 1 saturated heterocycles. The molecule has 3 aromatic heterocycles. The third-order valence-corrected chi connectivity index (χ3v) is 11.6. The number of methoxy groups -OCH3 is 1. The molecule has 2 N–H and O–H groups in total. The summed E-state index contributed by atoms with van der Waals surface area (Å²) in [4.78, 5) is 36.3.